The molecule has 1 rings (SSSR count). The molecule has 5 nitrogen and oxygen atoms in total. The van der Waals surface area contributed by atoms with Gasteiger partial charge in [0.2, 0.25) is 5.89 Å². The van der Waals surface area contributed by atoms with Crippen LogP contribution in [0, 0.1) is 5.41 Å². The molecular weight excluding hydrogens is 252 g/mol. The predicted molar refractivity (Wildman–Crippen MR) is 82.8 cm³/mol. The van der Waals surface area contributed by atoms with Gasteiger partial charge in [0.15, 0.2) is 0 Å². The summed E-state index contributed by atoms with van der Waals surface area (Å²) in [6, 6.07) is 0.586. The van der Waals surface area contributed by atoms with Crippen LogP contribution in [0.5, 0.6) is 0 Å². The molecule has 1 heterocycles. The predicted octanol–water partition coefficient (Wildman–Crippen LogP) is 3.76. The molecule has 1 aromatic rings. The summed E-state index contributed by atoms with van der Waals surface area (Å²) in [4.78, 5) is 0. The highest BCUT2D eigenvalue weighted by Crippen LogP contribution is 2.29. The van der Waals surface area contributed by atoms with Crippen molar-refractivity contribution in [3.8, 4) is 0 Å². The third-order valence-corrected chi connectivity index (χ3v) is 2.93. The van der Waals surface area contributed by atoms with Gasteiger partial charge >= 0.3 is 6.01 Å². The average molecular weight is 282 g/mol. The first-order valence-electron chi connectivity index (χ1n) is 7.48. The van der Waals surface area contributed by atoms with E-state index in [2.05, 4.69) is 62.4 Å². The van der Waals surface area contributed by atoms with Crippen molar-refractivity contribution in [2.45, 2.75) is 72.9 Å². The maximum Gasteiger partial charge on any atom is 0.315 e. The Hall–Kier alpha value is -1.10. The molecule has 0 saturated carbocycles. The van der Waals surface area contributed by atoms with Gasteiger partial charge in [-0.25, -0.2) is 0 Å². The summed E-state index contributed by atoms with van der Waals surface area (Å²) in [5.74, 6) is 0.632. The molecule has 116 valence electrons. The third kappa shape index (κ3) is 5.90. The van der Waals surface area contributed by atoms with Crippen LogP contribution in [-0.2, 0) is 0 Å². The number of rotatable bonds is 7. The molecule has 1 atom stereocenters. The summed E-state index contributed by atoms with van der Waals surface area (Å²) in [6.45, 7) is 16.1. The minimum absolute atomic E-state index is 0.0812. The zero-order valence-electron chi connectivity index (χ0n) is 14.0. The maximum absolute atomic E-state index is 5.70. The van der Waals surface area contributed by atoms with Gasteiger partial charge in [0.1, 0.15) is 0 Å². The third-order valence-electron chi connectivity index (χ3n) is 2.93. The van der Waals surface area contributed by atoms with Crippen LogP contribution in [0.3, 0.4) is 0 Å². The summed E-state index contributed by atoms with van der Waals surface area (Å²) in [5.41, 5.74) is 0.164. The van der Waals surface area contributed by atoms with Crippen LogP contribution in [0.25, 0.3) is 0 Å². The van der Waals surface area contributed by atoms with Gasteiger partial charge in [-0.2, -0.15) is 0 Å². The van der Waals surface area contributed by atoms with Gasteiger partial charge < -0.3 is 15.1 Å². The molecule has 5 heteroatoms. The number of hydrogen-bond donors (Lipinski definition) is 2. The fraction of sp³-hybridized carbons (Fsp3) is 0.867. The van der Waals surface area contributed by atoms with Crippen molar-refractivity contribution in [1.29, 1.82) is 0 Å². The van der Waals surface area contributed by atoms with E-state index < -0.39 is 0 Å². The van der Waals surface area contributed by atoms with Gasteiger partial charge in [-0.05, 0) is 45.6 Å². The Morgan fingerprint density at radius 1 is 1.15 bits per heavy atom. The molecule has 20 heavy (non-hydrogen) atoms. The summed E-state index contributed by atoms with van der Waals surface area (Å²) >= 11 is 0. The van der Waals surface area contributed by atoms with E-state index in [1.807, 2.05) is 6.92 Å². The lowest BCUT2D eigenvalue weighted by Gasteiger charge is -2.32. The topological polar surface area (TPSA) is 63.0 Å². The standard InChI is InChI=1S/C15H30N4O/c1-8-9-16-11(2)12-18-19-13(20-12)17-15(6,7)10-14(3,4)5/h11,16H,8-10H2,1-7H3,(H,17,19). The minimum atomic E-state index is -0.0812. The molecule has 1 unspecified atom stereocenters. The molecule has 0 saturated heterocycles. The summed E-state index contributed by atoms with van der Waals surface area (Å²) < 4.78 is 5.70. The maximum atomic E-state index is 5.70. The Morgan fingerprint density at radius 2 is 1.80 bits per heavy atom. The zero-order valence-corrected chi connectivity index (χ0v) is 14.0. The van der Waals surface area contributed by atoms with Gasteiger partial charge in [-0.1, -0.05) is 32.8 Å². The second-order valence-corrected chi connectivity index (χ2v) is 7.37. The van der Waals surface area contributed by atoms with Crippen molar-refractivity contribution in [2.75, 3.05) is 11.9 Å². The number of nitrogens with zero attached hydrogens (tertiary/aromatic N) is 2. The molecule has 0 aliphatic heterocycles. The molecule has 0 spiro atoms. The van der Waals surface area contributed by atoms with Crippen LogP contribution in [0.1, 0.15) is 73.2 Å². The van der Waals surface area contributed by atoms with Crippen LogP contribution < -0.4 is 10.6 Å². The summed E-state index contributed by atoms with van der Waals surface area (Å²) in [5, 5.41) is 14.9. The van der Waals surface area contributed by atoms with E-state index >= 15 is 0 Å². The fourth-order valence-electron chi connectivity index (χ4n) is 2.57. The van der Waals surface area contributed by atoms with Crippen LogP contribution in [0.2, 0.25) is 0 Å². The largest absolute Gasteiger partial charge is 0.406 e. The molecule has 2 N–H and O–H groups in total. The van der Waals surface area contributed by atoms with Crippen molar-refractivity contribution in [3.05, 3.63) is 5.89 Å². The van der Waals surface area contributed by atoms with E-state index in [-0.39, 0.29) is 17.0 Å². The van der Waals surface area contributed by atoms with E-state index in [1.54, 1.807) is 0 Å². The van der Waals surface area contributed by atoms with Gasteiger partial charge in [-0.15, -0.1) is 5.10 Å². The Balaban J connectivity index is 2.63. The Kier molecular flexibility index (Phi) is 5.57. The van der Waals surface area contributed by atoms with Crippen molar-refractivity contribution in [3.63, 3.8) is 0 Å². The number of nitrogens with one attached hydrogen (secondary N) is 2. The minimum Gasteiger partial charge on any atom is -0.406 e. The molecule has 0 aromatic carbocycles. The van der Waals surface area contributed by atoms with Gasteiger partial charge in [0.25, 0.3) is 0 Å². The Morgan fingerprint density at radius 3 is 2.35 bits per heavy atom. The normalized spacial score (nSPS) is 14.3. The lowest BCUT2D eigenvalue weighted by atomic mass is 9.82. The first-order valence-corrected chi connectivity index (χ1v) is 7.48. The Bertz CT molecular complexity index is 406. The molecule has 0 bridgehead atoms. The second kappa shape index (κ2) is 6.57. The van der Waals surface area contributed by atoms with Crippen molar-refractivity contribution < 1.29 is 4.42 Å². The van der Waals surface area contributed by atoms with Crippen LogP contribution in [0.4, 0.5) is 6.01 Å². The highest BCUT2D eigenvalue weighted by Gasteiger charge is 2.27. The van der Waals surface area contributed by atoms with Crippen LogP contribution in [0.15, 0.2) is 4.42 Å². The smallest absolute Gasteiger partial charge is 0.315 e. The van der Waals surface area contributed by atoms with E-state index in [0.717, 1.165) is 19.4 Å². The lowest BCUT2D eigenvalue weighted by molar-refractivity contribution is 0.297. The van der Waals surface area contributed by atoms with E-state index in [4.69, 9.17) is 4.42 Å². The molecular formula is C15H30N4O. The highest BCUT2D eigenvalue weighted by molar-refractivity contribution is 5.23. The second-order valence-electron chi connectivity index (χ2n) is 7.37. The van der Waals surface area contributed by atoms with E-state index in [0.29, 0.717) is 11.9 Å². The summed E-state index contributed by atoms with van der Waals surface area (Å²) in [6.07, 6.45) is 2.10. The monoisotopic (exact) mass is 282 g/mol. The van der Waals surface area contributed by atoms with Crippen LogP contribution >= 0.6 is 0 Å². The molecule has 1 aromatic heterocycles. The molecule has 0 aliphatic rings. The van der Waals surface area contributed by atoms with Gasteiger partial charge in [0, 0.05) is 5.54 Å². The van der Waals surface area contributed by atoms with Crippen molar-refractivity contribution in [2.24, 2.45) is 5.41 Å². The SMILES string of the molecule is CCCNC(C)c1nnc(NC(C)(C)CC(C)(C)C)o1. The first kappa shape index (κ1) is 17.0. The van der Waals surface area contributed by atoms with Crippen molar-refractivity contribution in [1.82, 2.24) is 15.5 Å². The lowest BCUT2D eigenvalue weighted by Crippen LogP contribution is -2.35. The molecule has 0 amide bonds. The van der Waals surface area contributed by atoms with Crippen molar-refractivity contribution >= 4 is 6.01 Å². The van der Waals surface area contributed by atoms with E-state index in [1.165, 1.54) is 0 Å². The molecule has 0 fully saturated rings. The van der Waals surface area contributed by atoms with Gasteiger partial charge in [0.05, 0.1) is 6.04 Å². The highest BCUT2D eigenvalue weighted by atomic mass is 16.4. The number of aromatic nitrogens is 2. The zero-order chi connectivity index (χ0) is 15.4. The quantitative estimate of drug-likeness (QED) is 0.797. The molecule has 0 radical (unpaired) electrons. The fourth-order valence-corrected chi connectivity index (χ4v) is 2.57. The summed E-state index contributed by atoms with van der Waals surface area (Å²) in [7, 11) is 0. The number of hydrogen-bond acceptors (Lipinski definition) is 5. The van der Waals surface area contributed by atoms with Crippen LogP contribution in [-0.4, -0.2) is 22.3 Å². The first-order chi connectivity index (χ1) is 9.13. The number of anilines is 1. The average Bonchev–Trinajstić information content (AvgIpc) is 2.69. The van der Waals surface area contributed by atoms with E-state index in [9.17, 15) is 0 Å². The Labute approximate surface area is 122 Å². The molecule has 0 aliphatic carbocycles. The van der Waals surface area contributed by atoms with Gasteiger partial charge in [-0.3, -0.25) is 0 Å².